The predicted molar refractivity (Wildman–Crippen MR) is 225 cm³/mol. The highest BCUT2D eigenvalue weighted by atomic mass is 32.7. The summed E-state index contributed by atoms with van der Waals surface area (Å²) < 4.78 is 84.1. The first kappa shape index (κ1) is 44.0. The second kappa shape index (κ2) is 15.4. The Kier molecular flexibility index (Phi) is 11.7. The third-order valence-corrected chi connectivity index (χ3v) is 23.9. The molecule has 4 unspecified atom stereocenters. The second-order valence-corrected chi connectivity index (χ2v) is 32.9. The van der Waals surface area contributed by atoms with Crippen molar-refractivity contribution in [1.82, 2.24) is 39.3 Å². The molecule has 2 bridgehead atoms. The average molecular weight is 920 g/mol. The number of fused-ring (bicyclic) bond motifs is 5. The molecular formula is C32H51N9O11P2S2Si2. The van der Waals surface area contributed by atoms with E-state index in [9.17, 15) is 13.9 Å². The highest BCUT2D eigenvalue weighted by molar-refractivity contribution is 8.44. The van der Waals surface area contributed by atoms with Crippen LogP contribution in [-0.4, -0.2) is 106 Å². The van der Waals surface area contributed by atoms with E-state index in [1.807, 2.05) is 13.1 Å². The third-order valence-electron chi connectivity index (χ3n) is 11.7. The van der Waals surface area contributed by atoms with Crippen LogP contribution < -0.4 is 11.3 Å². The summed E-state index contributed by atoms with van der Waals surface area (Å²) in [6.07, 6.45) is -3.01. The molecule has 0 saturated carbocycles. The van der Waals surface area contributed by atoms with E-state index in [1.165, 1.54) is 29.7 Å². The number of imidazole rings is 2. The Morgan fingerprint density at radius 2 is 1.34 bits per heavy atom. The normalized spacial score (nSPS) is 33.2. The first-order valence-corrected chi connectivity index (χ1v) is 29.8. The summed E-state index contributed by atoms with van der Waals surface area (Å²) in [4.78, 5) is 29.8. The average Bonchev–Trinajstić information content (AvgIpc) is 3.87. The lowest BCUT2D eigenvalue weighted by Crippen LogP contribution is -2.50. The molecule has 10 atom stereocenters. The minimum Gasteiger partial charge on any atom is -0.408 e. The molecule has 26 heteroatoms. The number of anilines is 1. The molecule has 0 aromatic carbocycles. The number of H-pyrrole nitrogens is 1. The van der Waals surface area contributed by atoms with Crippen LogP contribution in [0.3, 0.4) is 0 Å². The van der Waals surface area contributed by atoms with Crippen LogP contribution in [0.1, 0.15) is 54.0 Å². The number of aromatic amines is 1. The number of nitrogens with two attached hydrogens (primary N) is 1. The maximum Gasteiger partial charge on any atom is 0.386 e. The van der Waals surface area contributed by atoms with Crippen molar-refractivity contribution in [1.29, 1.82) is 0 Å². The van der Waals surface area contributed by atoms with Gasteiger partial charge in [-0.3, -0.25) is 32.0 Å². The Balaban J connectivity index is 1.30. The maximum atomic E-state index is 14.5. The van der Waals surface area contributed by atoms with Crippen LogP contribution >= 0.6 is 38.1 Å². The Labute approximate surface area is 347 Å². The topological polar surface area (TPSA) is 241 Å². The quantitative estimate of drug-likeness (QED) is 0.0983. The summed E-state index contributed by atoms with van der Waals surface area (Å²) in [5.74, 6) is 0.157. The Hall–Kier alpha value is -2.03. The molecule has 7 heterocycles. The number of nitrogen functional groups attached to an aromatic ring is 1. The van der Waals surface area contributed by atoms with Gasteiger partial charge in [-0.05, 0) is 36.3 Å². The lowest BCUT2D eigenvalue weighted by atomic mass is 10.1. The van der Waals surface area contributed by atoms with E-state index in [0.29, 0.717) is 16.7 Å². The fraction of sp³-hybridized carbons (Fsp3) is 0.688. The molecule has 0 radical (unpaired) electrons. The molecule has 4 aromatic rings. The molecule has 4 aromatic heterocycles. The monoisotopic (exact) mass is 919 g/mol. The van der Waals surface area contributed by atoms with Crippen molar-refractivity contribution >= 4 is 82.7 Å². The van der Waals surface area contributed by atoms with Gasteiger partial charge in [0.2, 0.25) is 0 Å². The van der Waals surface area contributed by atoms with Crippen LogP contribution in [-0.2, 0) is 45.6 Å². The molecular weight excluding hydrogens is 869 g/mol. The third kappa shape index (κ3) is 8.44. The zero-order valence-electron chi connectivity index (χ0n) is 33.8. The smallest absolute Gasteiger partial charge is 0.386 e. The van der Waals surface area contributed by atoms with E-state index < -0.39 is 91.5 Å². The number of thiol groups is 2. The number of ether oxygens (including phenoxy) is 2. The summed E-state index contributed by atoms with van der Waals surface area (Å²) in [5, 5.41) is 5.72. The van der Waals surface area contributed by atoms with Gasteiger partial charge >= 0.3 is 13.6 Å². The first-order valence-electron chi connectivity index (χ1n) is 18.6. The minimum absolute atomic E-state index is 0.0835. The van der Waals surface area contributed by atoms with Crippen LogP contribution in [0.4, 0.5) is 5.82 Å². The van der Waals surface area contributed by atoms with E-state index in [2.05, 4.69) is 109 Å². The summed E-state index contributed by atoms with van der Waals surface area (Å²) in [5.41, 5.74) is 6.67. The summed E-state index contributed by atoms with van der Waals surface area (Å²) in [7, 11) is -5.31. The second-order valence-electron chi connectivity index (χ2n) is 17.7. The first-order chi connectivity index (χ1) is 26.8. The largest absolute Gasteiger partial charge is 0.408 e. The molecule has 3 saturated heterocycles. The van der Waals surface area contributed by atoms with Crippen LogP contribution in [0.25, 0.3) is 22.2 Å². The SMILES string of the molecule is CC(C)(C)[Si](C)(C)OC1[C@H]2OP(=O)(S)OC[C@H]3O[C@@H](n4cnc5c(N)ncnc54)C(O[Si](C)(C)C(C)(C)C)[C@@H]3OP(=O)(S)OC[C@H]1O[C@H]2n1cnc2c(=O)[nH]ncc21. The maximum absolute atomic E-state index is 14.5. The van der Waals surface area contributed by atoms with Gasteiger partial charge in [0.15, 0.2) is 46.1 Å². The number of nitrogens with one attached hydrogen (secondary N) is 1. The molecule has 20 nitrogen and oxygen atoms in total. The van der Waals surface area contributed by atoms with Crippen molar-refractivity contribution in [3.05, 3.63) is 35.5 Å². The van der Waals surface area contributed by atoms with Crippen molar-refractivity contribution in [2.75, 3.05) is 18.9 Å². The van der Waals surface area contributed by atoms with Gasteiger partial charge in [-0.25, -0.2) is 34.2 Å². The molecule has 7 rings (SSSR count). The fourth-order valence-electron chi connectivity index (χ4n) is 6.51. The number of aromatic nitrogens is 8. The van der Waals surface area contributed by atoms with Crippen molar-refractivity contribution in [2.24, 2.45) is 0 Å². The van der Waals surface area contributed by atoms with Crippen LogP contribution in [0.2, 0.25) is 36.3 Å². The van der Waals surface area contributed by atoms with Gasteiger partial charge in [-0.2, -0.15) is 5.10 Å². The van der Waals surface area contributed by atoms with Gasteiger partial charge < -0.3 is 24.1 Å². The van der Waals surface area contributed by atoms with E-state index in [4.69, 9.17) is 42.2 Å². The molecule has 320 valence electrons. The molecule has 3 fully saturated rings. The van der Waals surface area contributed by atoms with Crippen molar-refractivity contribution in [3.63, 3.8) is 0 Å². The number of rotatable bonds is 6. The van der Waals surface area contributed by atoms with Crippen LogP contribution in [0, 0.1) is 0 Å². The highest BCUT2D eigenvalue weighted by Crippen LogP contribution is 2.61. The number of nitrogens with zero attached hydrogens (tertiary/aromatic N) is 7. The lowest BCUT2D eigenvalue weighted by molar-refractivity contribution is -0.0571. The van der Waals surface area contributed by atoms with Gasteiger partial charge in [0.25, 0.3) is 5.56 Å². The van der Waals surface area contributed by atoms with E-state index in [-0.39, 0.29) is 28.0 Å². The molecule has 58 heavy (non-hydrogen) atoms. The molecule has 0 aliphatic carbocycles. The Bertz CT molecular complexity index is 2340. The number of hydrogen-bond acceptors (Lipinski definition) is 17. The van der Waals surface area contributed by atoms with Crippen molar-refractivity contribution < 1.29 is 45.6 Å². The van der Waals surface area contributed by atoms with E-state index >= 15 is 0 Å². The molecule has 3 aliphatic rings. The summed E-state index contributed by atoms with van der Waals surface area (Å²) >= 11 is 8.93. The minimum atomic E-state index is -4.37. The number of hydrogen-bond donors (Lipinski definition) is 4. The van der Waals surface area contributed by atoms with Gasteiger partial charge in [0.1, 0.15) is 48.5 Å². The van der Waals surface area contributed by atoms with Gasteiger partial charge in [0, 0.05) is 0 Å². The standard InChI is InChI=1S/C32H51N9O11P2S2Si2/c1-31(2,3)57(7,8)51-23-19-13-46-53(43,55)49-22-18(12-45-54(44,56)50-24(23)29(48-19)40-15-36-20-17(40)11-38-39-28(20)42)47-30(25(22)52-58(9,10)32(4,5)6)41-16-37-21-26(33)34-14-35-27(21)41/h11,14-16,18-19,22-25,29-30H,12-13H2,1-10H3,(H,39,42)(H,43,55)(H,44,56)(H2,33,34,35)/t18-,19-,22-,23?,24-,25?,29-,30-,53?,54?/m1/s1. The molecule has 3 aliphatic heterocycles. The van der Waals surface area contributed by atoms with Crippen molar-refractivity contribution in [2.45, 2.75) is 127 Å². The van der Waals surface area contributed by atoms with Gasteiger partial charge in [-0.1, -0.05) is 66.0 Å². The zero-order valence-corrected chi connectivity index (χ0v) is 39.4. The van der Waals surface area contributed by atoms with Crippen LogP contribution in [0.5, 0.6) is 0 Å². The van der Waals surface area contributed by atoms with Crippen molar-refractivity contribution in [3.8, 4) is 0 Å². The summed E-state index contributed by atoms with van der Waals surface area (Å²) in [6.45, 7) is 11.0. The van der Waals surface area contributed by atoms with E-state index in [1.54, 1.807) is 4.57 Å². The van der Waals surface area contributed by atoms with Gasteiger partial charge in [0.05, 0.1) is 37.6 Å². The lowest BCUT2D eigenvalue weighted by Gasteiger charge is -2.41. The van der Waals surface area contributed by atoms with Gasteiger partial charge in [-0.15, -0.1) is 0 Å². The van der Waals surface area contributed by atoms with Crippen LogP contribution in [0.15, 0.2) is 30.0 Å². The predicted octanol–water partition coefficient (Wildman–Crippen LogP) is 6.01. The summed E-state index contributed by atoms with van der Waals surface area (Å²) in [6, 6.07) is 0. The highest BCUT2D eigenvalue weighted by Gasteiger charge is 2.57. The molecule has 0 amide bonds. The Morgan fingerprint density at radius 3 is 1.98 bits per heavy atom. The van der Waals surface area contributed by atoms with E-state index in [0.717, 1.165) is 0 Å². The fourth-order valence-corrected chi connectivity index (χ4v) is 12.1. The zero-order chi connectivity index (χ0) is 42.4. The Morgan fingerprint density at radius 1 is 0.793 bits per heavy atom. The molecule has 3 N–H and O–H groups in total. The molecule has 0 spiro atoms.